The van der Waals surface area contributed by atoms with E-state index in [1.165, 1.54) is 0 Å². The molecule has 4 heteroatoms. The Morgan fingerprint density at radius 3 is 2.76 bits per heavy atom. The zero-order valence-corrected chi connectivity index (χ0v) is 13.3. The summed E-state index contributed by atoms with van der Waals surface area (Å²) in [6.45, 7) is 9.02. The van der Waals surface area contributed by atoms with Crippen molar-refractivity contribution in [3.63, 3.8) is 0 Å². The molecule has 0 bridgehead atoms. The topological polar surface area (TPSA) is 50.4 Å². The van der Waals surface area contributed by atoms with Gasteiger partial charge in [0.05, 0.1) is 18.1 Å². The summed E-state index contributed by atoms with van der Waals surface area (Å²) in [5.41, 5.74) is 1.07. The summed E-state index contributed by atoms with van der Waals surface area (Å²) in [6, 6.07) is 8.18. The molecule has 2 rings (SSSR count). The van der Waals surface area contributed by atoms with Crippen LogP contribution < -0.4 is 15.4 Å². The first-order valence-electron chi connectivity index (χ1n) is 7.77. The molecular formula is C17H26N2O2. The van der Waals surface area contributed by atoms with Gasteiger partial charge in [0.1, 0.15) is 5.75 Å². The number of benzene rings is 1. The van der Waals surface area contributed by atoms with E-state index in [2.05, 4.69) is 17.6 Å². The molecule has 1 saturated heterocycles. The average Bonchev–Trinajstić information content (AvgIpc) is 2.84. The smallest absolute Gasteiger partial charge is 0.225 e. The van der Waals surface area contributed by atoms with Gasteiger partial charge < -0.3 is 15.4 Å². The molecular weight excluding hydrogens is 264 g/mol. The molecule has 0 aromatic heterocycles. The van der Waals surface area contributed by atoms with Crippen LogP contribution in [0.3, 0.4) is 0 Å². The molecule has 3 atom stereocenters. The van der Waals surface area contributed by atoms with E-state index in [-0.39, 0.29) is 30.0 Å². The van der Waals surface area contributed by atoms with Crippen molar-refractivity contribution in [2.24, 2.45) is 5.92 Å². The largest absolute Gasteiger partial charge is 0.491 e. The van der Waals surface area contributed by atoms with Crippen molar-refractivity contribution >= 4 is 5.91 Å². The summed E-state index contributed by atoms with van der Waals surface area (Å²) in [5.74, 6) is 1.05. The Balaban J connectivity index is 1.99. The molecule has 0 saturated carbocycles. The highest BCUT2D eigenvalue weighted by atomic mass is 16.5. The van der Waals surface area contributed by atoms with Gasteiger partial charge in [0.15, 0.2) is 0 Å². The number of rotatable bonds is 5. The lowest BCUT2D eigenvalue weighted by Crippen LogP contribution is -2.37. The van der Waals surface area contributed by atoms with Gasteiger partial charge in [-0.1, -0.05) is 12.1 Å². The quantitative estimate of drug-likeness (QED) is 0.876. The molecule has 0 spiro atoms. The van der Waals surface area contributed by atoms with Gasteiger partial charge in [-0.15, -0.1) is 0 Å². The van der Waals surface area contributed by atoms with Crippen molar-refractivity contribution in [1.29, 1.82) is 0 Å². The molecule has 0 radical (unpaired) electrons. The predicted octanol–water partition coefficient (Wildman–Crippen LogP) is 2.65. The van der Waals surface area contributed by atoms with Crippen molar-refractivity contribution in [2.75, 3.05) is 6.54 Å². The molecule has 21 heavy (non-hydrogen) atoms. The van der Waals surface area contributed by atoms with Crippen molar-refractivity contribution in [3.05, 3.63) is 29.8 Å². The van der Waals surface area contributed by atoms with Crippen LogP contribution in [0.25, 0.3) is 0 Å². The molecule has 4 nitrogen and oxygen atoms in total. The number of amides is 1. The maximum absolute atomic E-state index is 12.3. The number of ether oxygens (including phenoxy) is 1. The van der Waals surface area contributed by atoms with Crippen LogP contribution in [0.4, 0.5) is 0 Å². The maximum atomic E-state index is 12.3. The fourth-order valence-electron chi connectivity index (χ4n) is 2.75. The van der Waals surface area contributed by atoms with E-state index in [9.17, 15) is 4.79 Å². The number of carbonyl (C=O) groups is 1. The average molecular weight is 290 g/mol. The third-order valence-corrected chi connectivity index (χ3v) is 3.95. The molecule has 116 valence electrons. The Bertz CT molecular complexity index is 487. The van der Waals surface area contributed by atoms with Crippen LogP contribution in [-0.4, -0.2) is 24.6 Å². The molecule has 1 fully saturated rings. The molecule has 1 heterocycles. The van der Waals surface area contributed by atoms with Gasteiger partial charge in [-0.25, -0.2) is 0 Å². The molecule has 1 aromatic rings. The summed E-state index contributed by atoms with van der Waals surface area (Å²) in [4.78, 5) is 12.3. The lowest BCUT2D eigenvalue weighted by molar-refractivity contribution is -0.125. The SMILES string of the molecule is CC(C)Oc1cccc(C(C)NC(=O)C2CCNC2C)c1. The number of hydrogen-bond acceptors (Lipinski definition) is 3. The highest BCUT2D eigenvalue weighted by molar-refractivity contribution is 5.80. The minimum absolute atomic E-state index is 0.0130. The summed E-state index contributed by atoms with van der Waals surface area (Å²) in [6.07, 6.45) is 1.06. The van der Waals surface area contributed by atoms with Crippen molar-refractivity contribution in [3.8, 4) is 5.75 Å². The first kappa shape index (κ1) is 15.8. The zero-order chi connectivity index (χ0) is 15.4. The molecule has 1 amide bonds. The van der Waals surface area contributed by atoms with Gasteiger partial charge in [-0.3, -0.25) is 4.79 Å². The monoisotopic (exact) mass is 290 g/mol. The van der Waals surface area contributed by atoms with E-state index in [1.54, 1.807) is 0 Å². The fraction of sp³-hybridized carbons (Fsp3) is 0.588. The maximum Gasteiger partial charge on any atom is 0.225 e. The van der Waals surface area contributed by atoms with Crippen molar-refractivity contribution < 1.29 is 9.53 Å². The lowest BCUT2D eigenvalue weighted by atomic mass is 10.00. The third kappa shape index (κ3) is 4.21. The first-order chi connectivity index (χ1) is 9.97. The van der Waals surface area contributed by atoms with Gasteiger partial charge in [-0.05, 0) is 58.4 Å². The lowest BCUT2D eigenvalue weighted by Gasteiger charge is -2.20. The van der Waals surface area contributed by atoms with E-state index in [0.717, 1.165) is 24.3 Å². The summed E-state index contributed by atoms with van der Waals surface area (Å²) in [7, 11) is 0. The molecule has 2 N–H and O–H groups in total. The first-order valence-corrected chi connectivity index (χ1v) is 7.77. The van der Waals surface area contributed by atoms with Crippen LogP contribution in [-0.2, 0) is 4.79 Å². The highest BCUT2D eigenvalue weighted by Gasteiger charge is 2.30. The Morgan fingerprint density at radius 1 is 1.38 bits per heavy atom. The summed E-state index contributed by atoms with van der Waals surface area (Å²) < 4.78 is 5.70. The Morgan fingerprint density at radius 2 is 2.14 bits per heavy atom. The van der Waals surface area contributed by atoms with Gasteiger partial charge in [0.25, 0.3) is 0 Å². The number of nitrogens with one attached hydrogen (secondary N) is 2. The van der Waals surface area contributed by atoms with Gasteiger partial charge in [-0.2, -0.15) is 0 Å². The van der Waals surface area contributed by atoms with Crippen LogP contribution >= 0.6 is 0 Å². The van der Waals surface area contributed by atoms with Crippen LogP contribution in [0, 0.1) is 5.92 Å². The van der Waals surface area contributed by atoms with E-state index in [4.69, 9.17) is 4.74 Å². The van der Waals surface area contributed by atoms with E-state index in [1.807, 2.05) is 45.0 Å². The van der Waals surface area contributed by atoms with Crippen molar-refractivity contribution in [2.45, 2.75) is 52.3 Å². The number of carbonyl (C=O) groups excluding carboxylic acids is 1. The zero-order valence-electron chi connectivity index (χ0n) is 13.3. The van der Waals surface area contributed by atoms with Gasteiger partial charge in [0.2, 0.25) is 5.91 Å². The van der Waals surface area contributed by atoms with Crippen LogP contribution in [0.5, 0.6) is 5.75 Å². The van der Waals surface area contributed by atoms with Crippen LogP contribution in [0.15, 0.2) is 24.3 Å². The fourth-order valence-corrected chi connectivity index (χ4v) is 2.75. The van der Waals surface area contributed by atoms with Gasteiger partial charge in [0, 0.05) is 6.04 Å². The predicted molar refractivity (Wildman–Crippen MR) is 84.3 cm³/mol. The standard InChI is InChI=1S/C17H26N2O2/c1-11(2)21-15-7-5-6-14(10-15)12(3)19-17(20)16-8-9-18-13(16)4/h5-7,10-13,16,18H,8-9H2,1-4H3,(H,19,20). The second-order valence-electron chi connectivity index (χ2n) is 6.11. The normalized spacial score (nSPS) is 23.1. The van der Waals surface area contributed by atoms with E-state index in [0.29, 0.717) is 0 Å². The summed E-state index contributed by atoms with van der Waals surface area (Å²) >= 11 is 0. The Kier molecular flexibility index (Phi) is 5.23. The summed E-state index contributed by atoms with van der Waals surface area (Å²) in [5, 5.41) is 6.43. The molecule has 0 aliphatic carbocycles. The second-order valence-corrected chi connectivity index (χ2v) is 6.11. The molecule has 1 aliphatic rings. The molecule has 1 aliphatic heterocycles. The Hall–Kier alpha value is -1.55. The van der Waals surface area contributed by atoms with Crippen molar-refractivity contribution in [1.82, 2.24) is 10.6 Å². The minimum Gasteiger partial charge on any atom is -0.491 e. The minimum atomic E-state index is -0.0130. The van der Waals surface area contributed by atoms with Crippen LogP contribution in [0.1, 0.15) is 45.7 Å². The van der Waals surface area contributed by atoms with E-state index >= 15 is 0 Å². The molecule has 3 unspecified atom stereocenters. The number of hydrogen-bond donors (Lipinski definition) is 2. The van der Waals surface area contributed by atoms with Gasteiger partial charge >= 0.3 is 0 Å². The highest BCUT2D eigenvalue weighted by Crippen LogP contribution is 2.22. The van der Waals surface area contributed by atoms with E-state index < -0.39 is 0 Å². The Labute approximate surface area is 127 Å². The molecule has 1 aromatic carbocycles. The second kappa shape index (κ2) is 6.94. The third-order valence-electron chi connectivity index (χ3n) is 3.95. The van der Waals surface area contributed by atoms with Crippen LogP contribution in [0.2, 0.25) is 0 Å².